The van der Waals surface area contributed by atoms with E-state index < -0.39 is 35.9 Å². The summed E-state index contributed by atoms with van der Waals surface area (Å²) in [7, 11) is 0. The smallest absolute Gasteiger partial charge is 0.327 e. The van der Waals surface area contributed by atoms with E-state index in [1.54, 1.807) is 19.1 Å². The predicted octanol–water partition coefficient (Wildman–Crippen LogP) is 0.379. The Morgan fingerprint density at radius 1 is 1.37 bits per heavy atom. The minimum Gasteiger partial charge on any atom is -0.480 e. The Labute approximate surface area is 154 Å². The van der Waals surface area contributed by atoms with Gasteiger partial charge in [0, 0.05) is 24.2 Å². The Balaban J connectivity index is 1.71. The molecule has 0 unspecified atom stereocenters. The SMILES string of the molecule is C[C@@H](NC(=O)N1C(=O)[C@H](Cc2ccnc(N)c2)[C@H]1C(=O)O)c1cncnc1. The number of nitrogen functional groups attached to an aromatic ring is 1. The molecule has 0 saturated carbocycles. The summed E-state index contributed by atoms with van der Waals surface area (Å²) >= 11 is 0. The number of aromatic nitrogens is 3. The van der Waals surface area contributed by atoms with Gasteiger partial charge in [0.05, 0.1) is 12.0 Å². The van der Waals surface area contributed by atoms with Crippen LogP contribution in [0.3, 0.4) is 0 Å². The number of imide groups is 1. The average molecular weight is 370 g/mol. The van der Waals surface area contributed by atoms with E-state index in [2.05, 4.69) is 20.3 Å². The number of carboxylic acid groups (broad SMARTS) is 1. The van der Waals surface area contributed by atoms with E-state index >= 15 is 0 Å². The number of aliphatic carboxylic acids is 1. The van der Waals surface area contributed by atoms with Gasteiger partial charge in [-0.2, -0.15) is 0 Å². The van der Waals surface area contributed by atoms with Gasteiger partial charge in [-0.05, 0) is 31.0 Å². The highest BCUT2D eigenvalue weighted by Gasteiger charge is 2.54. The summed E-state index contributed by atoms with van der Waals surface area (Å²) in [6, 6.07) is 0.732. The lowest BCUT2D eigenvalue weighted by molar-refractivity contribution is -0.165. The minimum absolute atomic E-state index is 0.161. The first-order valence-corrected chi connectivity index (χ1v) is 8.20. The zero-order valence-corrected chi connectivity index (χ0v) is 14.4. The Morgan fingerprint density at radius 3 is 2.70 bits per heavy atom. The summed E-state index contributed by atoms with van der Waals surface area (Å²) in [4.78, 5) is 48.9. The summed E-state index contributed by atoms with van der Waals surface area (Å²) in [5, 5.41) is 12.1. The number of nitrogens with one attached hydrogen (secondary N) is 1. The first-order chi connectivity index (χ1) is 12.9. The molecule has 3 amide bonds. The van der Waals surface area contributed by atoms with Crippen molar-refractivity contribution >= 4 is 23.7 Å². The highest BCUT2D eigenvalue weighted by Crippen LogP contribution is 2.31. The van der Waals surface area contributed by atoms with E-state index in [1.807, 2.05) is 0 Å². The van der Waals surface area contributed by atoms with Gasteiger partial charge >= 0.3 is 12.0 Å². The third-order valence-corrected chi connectivity index (χ3v) is 4.41. The Hall–Kier alpha value is -3.56. The molecule has 1 saturated heterocycles. The van der Waals surface area contributed by atoms with Crippen molar-refractivity contribution in [2.24, 2.45) is 5.92 Å². The zero-order chi connectivity index (χ0) is 19.6. The number of anilines is 1. The molecule has 1 aliphatic rings. The number of nitrogens with two attached hydrogens (primary N) is 1. The van der Waals surface area contributed by atoms with Crippen molar-refractivity contribution in [3.63, 3.8) is 0 Å². The van der Waals surface area contributed by atoms with Crippen molar-refractivity contribution in [3.8, 4) is 0 Å². The van der Waals surface area contributed by atoms with E-state index in [0.29, 0.717) is 11.1 Å². The number of urea groups is 1. The zero-order valence-electron chi connectivity index (χ0n) is 14.4. The van der Waals surface area contributed by atoms with E-state index in [1.165, 1.54) is 24.9 Å². The molecule has 140 valence electrons. The van der Waals surface area contributed by atoms with Crippen LogP contribution in [-0.2, 0) is 16.0 Å². The number of hydrogen-bond donors (Lipinski definition) is 3. The molecule has 3 atom stereocenters. The third-order valence-electron chi connectivity index (χ3n) is 4.41. The van der Waals surface area contributed by atoms with Crippen molar-refractivity contribution in [1.82, 2.24) is 25.2 Å². The second kappa shape index (κ2) is 7.36. The predicted molar refractivity (Wildman–Crippen MR) is 93.1 cm³/mol. The first kappa shape index (κ1) is 18.2. The van der Waals surface area contributed by atoms with Crippen molar-refractivity contribution in [3.05, 3.63) is 48.2 Å². The fourth-order valence-electron chi connectivity index (χ4n) is 3.00. The third kappa shape index (κ3) is 3.68. The Bertz CT molecular complexity index is 875. The molecule has 27 heavy (non-hydrogen) atoms. The van der Waals surface area contributed by atoms with Crippen LogP contribution in [0.15, 0.2) is 37.1 Å². The number of carboxylic acids is 1. The quantitative estimate of drug-likeness (QED) is 0.639. The average Bonchev–Trinajstić information content (AvgIpc) is 2.64. The van der Waals surface area contributed by atoms with Crippen molar-refractivity contribution in [1.29, 1.82) is 0 Å². The fourth-order valence-corrected chi connectivity index (χ4v) is 3.00. The maximum Gasteiger partial charge on any atom is 0.327 e. The van der Waals surface area contributed by atoms with Crippen LogP contribution in [-0.4, -0.2) is 48.9 Å². The molecule has 2 aromatic rings. The number of rotatable bonds is 5. The number of β-lactam (4-membered cyclic amide) rings is 1. The van der Waals surface area contributed by atoms with E-state index in [0.717, 1.165) is 4.90 Å². The number of carbonyl (C=O) groups is 3. The first-order valence-electron chi connectivity index (χ1n) is 8.20. The van der Waals surface area contributed by atoms with Gasteiger partial charge in [0.1, 0.15) is 12.1 Å². The summed E-state index contributed by atoms with van der Waals surface area (Å²) in [6.07, 6.45) is 6.06. The van der Waals surface area contributed by atoms with Crippen LogP contribution in [0.4, 0.5) is 10.6 Å². The van der Waals surface area contributed by atoms with Crippen LogP contribution in [0.2, 0.25) is 0 Å². The van der Waals surface area contributed by atoms with Crippen molar-refractivity contribution < 1.29 is 19.5 Å². The van der Waals surface area contributed by atoms with E-state index in [-0.39, 0.29) is 12.2 Å². The van der Waals surface area contributed by atoms with Gasteiger partial charge in [0.2, 0.25) is 5.91 Å². The highest BCUT2D eigenvalue weighted by molar-refractivity contribution is 6.07. The molecule has 0 radical (unpaired) electrons. The van der Waals surface area contributed by atoms with Crippen LogP contribution in [0.5, 0.6) is 0 Å². The fraction of sp³-hybridized carbons (Fsp3) is 0.294. The molecule has 0 spiro atoms. The van der Waals surface area contributed by atoms with Crippen LogP contribution in [0.1, 0.15) is 24.1 Å². The molecule has 1 aliphatic heterocycles. The summed E-state index contributed by atoms with van der Waals surface area (Å²) < 4.78 is 0. The Kier molecular flexibility index (Phi) is 4.97. The molecule has 10 nitrogen and oxygen atoms in total. The Morgan fingerprint density at radius 2 is 2.07 bits per heavy atom. The monoisotopic (exact) mass is 370 g/mol. The lowest BCUT2D eigenvalue weighted by Gasteiger charge is -2.43. The number of amides is 3. The minimum atomic E-state index is -1.24. The van der Waals surface area contributed by atoms with Crippen molar-refractivity contribution in [2.45, 2.75) is 25.4 Å². The summed E-state index contributed by atoms with van der Waals surface area (Å²) in [6.45, 7) is 1.69. The van der Waals surface area contributed by atoms with Gasteiger partial charge in [0.25, 0.3) is 0 Å². The molecule has 3 rings (SSSR count). The molecular weight excluding hydrogens is 352 g/mol. The lowest BCUT2D eigenvalue weighted by Crippen LogP contribution is -2.68. The topological polar surface area (TPSA) is 151 Å². The normalized spacial score (nSPS) is 19.9. The van der Waals surface area contributed by atoms with Gasteiger partial charge in [0.15, 0.2) is 6.04 Å². The van der Waals surface area contributed by atoms with Gasteiger partial charge < -0.3 is 16.2 Å². The van der Waals surface area contributed by atoms with Crippen LogP contribution >= 0.6 is 0 Å². The van der Waals surface area contributed by atoms with Gasteiger partial charge in [-0.3, -0.25) is 4.79 Å². The molecule has 3 heterocycles. The summed E-state index contributed by atoms with van der Waals surface area (Å²) in [5.74, 6) is -2.36. The van der Waals surface area contributed by atoms with Crippen molar-refractivity contribution in [2.75, 3.05) is 5.73 Å². The molecule has 10 heteroatoms. The number of likely N-dealkylation sites (tertiary alicyclic amines) is 1. The van der Waals surface area contributed by atoms with E-state index in [9.17, 15) is 19.5 Å². The molecule has 1 fully saturated rings. The highest BCUT2D eigenvalue weighted by atomic mass is 16.4. The molecule has 0 bridgehead atoms. The lowest BCUT2D eigenvalue weighted by atomic mass is 9.82. The number of nitrogens with zero attached hydrogens (tertiary/aromatic N) is 4. The molecule has 4 N–H and O–H groups in total. The van der Waals surface area contributed by atoms with E-state index in [4.69, 9.17) is 5.73 Å². The number of hydrogen-bond acceptors (Lipinski definition) is 7. The van der Waals surface area contributed by atoms with Crippen LogP contribution in [0.25, 0.3) is 0 Å². The summed E-state index contributed by atoms with van der Waals surface area (Å²) in [5.41, 5.74) is 6.93. The molecule has 0 aromatic carbocycles. The van der Waals surface area contributed by atoms with Gasteiger partial charge in [-0.25, -0.2) is 29.4 Å². The second-order valence-corrected chi connectivity index (χ2v) is 6.23. The number of pyridine rings is 1. The van der Waals surface area contributed by atoms with Gasteiger partial charge in [-0.1, -0.05) is 0 Å². The van der Waals surface area contributed by atoms with Crippen LogP contribution < -0.4 is 11.1 Å². The standard InChI is InChI=1S/C17H18N6O4/c1-9(11-6-19-8-20-7-11)22-17(27)23-14(16(25)26)12(15(23)24)4-10-2-3-21-13(18)5-10/h2-3,5-9,12,14H,4H2,1H3,(H2,18,21)(H,22,27)(H,25,26)/t9-,12-,14+/m1/s1. The number of carbonyl (C=O) groups excluding carboxylic acids is 2. The largest absolute Gasteiger partial charge is 0.480 e. The maximum atomic E-state index is 12.5. The van der Waals surface area contributed by atoms with Gasteiger partial charge in [-0.15, -0.1) is 0 Å². The molecule has 0 aliphatic carbocycles. The maximum absolute atomic E-state index is 12.5. The molecular formula is C17H18N6O4. The second-order valence-electron chi connectivity index (χ2n) is 6.23. The molecule has 2 aromatic heterocycles. The van der Waals surface area contributed by atoms with Crippen LogP contribution in [0, 0.1) is 5.92 Å².